The number of hydrogen-bond donors (Lipinski definition) is 2. The van der Waals surface area contributed by atoms with E-state index in [-0.39, 0.29) is 12.1 Å². The van der Waals surface area contributed by atoms with Crippen LogP contribution in [0.3, 0.4) is 0 Å². The molecule has 0 aliphatic rings. The van der Waals surface area contributed by atoms with E-state index < -0.39 is 17.2 Å². The van der Waals surface area contributed by atoms with Gasteiger partial charge in [-0.05, 0) is 24.6 Å². The van der Waals surface area contributed by atoms with Gasteiger partial charge in [0.2, 0.25) is 0 Å². The molecule has 0 fully saturated rings. The quantitative estimate of drug-likeness (QED) is 0.729. The Labute approximate surface area is 75.0 Å². The molecule has 0 heterocycles. The fourth-order valence-corrected chi connectivity index (χ4v) is 0.949. The molecule has 0 saturated carbocycles. The van der Waals surface area contributed by atoms with E-state index in [4.69, 9.17) is 5.73 Å². The van der Waals surface area contributed by atoms with Crippen LogP contribution in [0.1, 0.15) is 12.5 Å². The zero-order chi connectivity index (χ0) is 10.1. The molecule has 13 heavy (non-hydrogen) atoms. The Morgan fingerprint density at radius 3 is 2.46 bits per heavy atom. The van der Waals surface area contributed by atoms with Crippen LogP contribution in [-0.4, -0.2) is 11.7 Å². The van der Waals surface area contributed by atoms with Crippen molar-refractivity contribution in [3.05, 3.63) is 35.4 Å². The van der Waals surface area contributed by atoms with Crippen LogP contribution in [0.4, 0.5) is 8.78 Å². The molecule has 1 aromatic rings. The summed E-state index contributed by atoms with van der Waals surface area (Å²) in [4.78, 5) is 0. The molecule has 0 aliphatic carbocycles. The normalized spacial score (nSPS) is 15.5. The second-order valence-corrected chi connectivity index (χ2v) is 3.11. The Kier molecular flexibility index (Phi) is 2.63. The predicted molar refractivity (Wildman–Crippen MR) is 45.0 cm³/mol. The average Bonchev–Trinajstić information content (AvgIpc) is 2.09. The van der Waals surface area contributed by atoms with Gasteiger partial charge in [-0.2, -0.15) is 0 Å². The highest BCUT2D eigenvalue weighted by Crippen LogP contribution is 2.20. The van der Waals surface area contributed by atoms with Crippen molar-refractivity contribution in [2.75, 3.05) is 6.54 Å². The van der Waals surface area contributed by atoms with Crippen molar-refractivity contribution in [2.45, 2.75) is 12.5 Å². The summed E-state index contributed by atoms with van der Waals surface area (Å²) in [5, 5.41) is 9.60. The summed E-state index contributed by atoms with van der Waals surface area (Å²) in [6.07, 6.45) is 0. The first kappa shape index (κ1) is 10.1. The van der Waals surface area contributed by atoms with E-state index in [1.807, 2.05) is 0 Å². The van der Waals surface area contributed by atoms with Crippen molar-refractivity contribution < 1.29 is 13.9 Å². The number of hydrogen-bond acceptors (Lipinski definition) is 2. The number of rotatable bonds is 2. The number of benzene rings is 1. The van der Waals surface area contributed by atoms with Crippen LogP contribution < -0.4 is 5.73 Å². The van der Waals surface area contributed by atoms with Crippen molar-refractivity contribution in [3.63, 3.8) is 0 Å². The molecular formula is C9H11F2NO. The average molecular weight is 187 g/mol. The van der Waals surface area contributed by atoms with Crippen LogP contribution in [0.25, 0.3) is 0 Å². The van der Waals surface area contributed by atoms with E-state index in [2.05, 4.69) is 0 Å². The van der Waals surface area contributed by atoms with E-state index in [0.29, 0.717) is 0 Å². The van der Waals surface area contributed by atoms with Gasteiger partial charge in [0, 0.05) is 6.54 Å². The van der Waals surface area contributed by atoms with Gasteiger partial charge in [-0.1, -0.05) is 6.07 Å². The van der Waals surface area contributed by atoms with Crippen molar-refractivity contribution in [3.8, 4) is 0 Å². The summed E-state index contributed by atoms with van der Waals surface area (Å²) in [7, 11) is 0. The Balaban J connectivity index is 3.10. The SMILES string of the molecule is CC(O)(CN)c1ccc(F)c(F)c1. The molecule has 0 aliphatic heterocycles. The molecule has 1 aromatic carbocycles. The zero-order valence-electron chi connectivity index (χ0n) is 7.22. The van der Waals surface area contributed by atoms with Crippen LogP contribution >= 0.6 is 0 Å². The maximum Gasteiger partial charge on any atom is 0.159 e. The van der Waals surface area contributed by atoms with Gasteiger partial charge in [0.25, 0.3) is 0 Å². The molecule has 3 N–H and O–H groups in total. The third kappa shape index (κ3) is 2.02. The lowest BCUT2D eigenvalue weighted by Crippen LogP contribution is -2.31. The summed E-state index contributed by atoms with van der Waals surface area (Å²) in [5.41, 5.74) is 4.22. The summed E-state index contributed by atoms with van der Waals surface area (Å²) in [5.74, 6) is -1.91. The van der Waals surface area contributed by atoms with Gasteiger partial charge in [0.05, 0.1) is 5.60 Å². The lowest BCUT2D eigenvalue weighted by Gasteiger charge is -2.21. The van der Waals surface area contributed by atoms with Gasteiger partial charge in [0.1, 0.15) is 0 Å². The van der Waals surface area contributed by atoms with Crippen molar-refractivity contribution in [1.29, 1.82) is 0 Å². The Morgan fingerprint density at radius 2 is 2.00 bits per heavy atom. The van der Waals surface area contributed by atoms with Gasteiger partial charge in [-0.25, -0.2) is 8.78 Å². The lowest BCUT2D eigenvalue weighted by molar-refractivity contribution is 0.0664. The van der Waals surface area contributed by atoms with Gasteiger partial charge in [-0.15, -0.1) is 0 Å². The molecule has 1 unspecified atom stereocenters. The monoisotopic (exact) mass is 187 g/mol. The van der Waals surface area contributed by atoms with E-state index in [0.717, 1.165) is 12.1 Å². The number of aliphatic hydroxyl groups is 1. The van der Waals surface area contributed by atoms with Gasteiger partial charge in [-0.3, -0.25) is 0 Å². The summed E-state index contributed by atoms with van der Waals surface area (Å²) in [6.45, 7) is 1.40. The molecule has 0 radical (unpaired) electrons. The zero-order valence-corrected chi connectivity index (χ0v) is 7.22. The standard InChI is InChI=1S/C9H11F2NO/c1-9(13,5-12)6-2-3-7(10)8(11)4-6/h2-4,13H,5,12H2,1H3. The molecule has 72 valence electrons. The Morgan fingerprint density at radius 1 is 1.38 bits per heavy atom. The molecule has 2 nitrogen and oxygen atoms in total. The van der Waals surface area contributed by atoms with Crippen LogP contribution in [0.5, 0.6) is 0 Å². The maximum absolute atomic E-state index is 12.7. The minimum Gasteiger partial charge on any atom is -0.384 e. The first-order valence-electron chi connectivity index (χ1n) is 3.85. The van der Waals surface area contributed by atoms with Crippen LogP contribution in [-0.2, 0) is 5.60 Å². The van der Waals surface area contributed by atoms with Gasteiger partial charge >= 0.3 is 0 Å². The fourth-order valence-electron chi connectivity index (χ4n) is 0.949. The topological polar surface area (TPSA) is 46.2 Å². The molecule has 1 rings (SSSR count). The van der Waals surface area contributed by atoms with Crippen LogP contribution in [0.2, 0.25) is 0 Å². The largest absolute Gasteiger partial charge is 0.384 e. The van der Waals surface area contributed by atoms with Crippen molar-refractivity contribution in [2.24, 2.45) is 5.73 Å². The van der Waals surface area contributed by atoms with E-state index >= 15 is 0 Å². The van der Waals surface area contributed by atoms with Gasteiger partial charge in [0.15, 0.2) is 11.6 Å². The molecule has 0 amide bonds. The molecular weight excluding hydrogens is 176 g/mol. The summed E-state index contributed by atoms with van der Waals surface area (Å²) >= 11 is 0. The maximum atomic E-state index is 12.7. The number of halogens is 2. The van der Waals surface area contributed by atoms with Crippen molar-refractivity contribution in [1.82, 2.24) is 0 Å². The minimum atomic E-state index is -1.31. The van der Waals surface area contributed by atoms with Crippen LogP contribution in [0, 0.1) is 11.6 Å². The molecule has 0 saturated heterocycles. The molecule has 0 bridgehead atoms. The highest BCUT2D eigenvalue weighted by molar-refractivity contribution is 5.23. The molecule has 4 heteroatoms. The highest BCUT2D eigenvalue weighted by Gasteiger charge is 2.21. The Hall–Kier alpha value is -1.00. The van der Waals surface area contributed by atoms with Crippen molar-refractivity contribution >= 4 is 0 Å². The number of nitrogens with two attached hydrogens (primary N) is 1. The third-order valence-electron chi connectivity index (χ3n) is 1.94. The summed E-state index contributed by atoms with van der Waals surface area (Å²) in [6, 6.07) is 3.22. The smallest absolute Gasteiger partial charge is 0.159 e. The first-order chi connectivity index (χ1) is 5.97. The highest BCUT2D eigenvalue weighted by atomic mass is 19.2. The fraction of sp³-hybridized carbons (Fsp3) is 0.333. The predicted octanol–water partition coefficient (Wildman–Crippen LogP) is 1.13. The van der Waals surface area contributed by atoms with Gasteiger partial charge < -0.3 is 10.8 Å². The second-order valence-electron chi connectivity index (χ2n) is 3.11. The molecule has 0 aromatic heterocycles. The van der Waals surface area contributed by atoms with E-state index in [1.54, 1.807) is 0 Å². The first-order valence-corrected chi connectivity index (χ1v) is 3.85. The molecule has 1 atom stereocenters. The minimum absolute atomic E-state index is 0.0436. The third-order valence-corrected chi connectivity index (χ3v) is 1.94. The molecule has 0 spiro atoms. The van der Waals surface area contributed by atoms with E-state index in [9.17, 15) is 13.9 Å². The van der Waals surface area contributed by atoms with E-state index in [1.165, 1.54) is 13.0 Å². The summed E-state index contributed by atoms with van der Waals surface area (Å²) < 4.78 is 25.2. The Bertz CT molecular complexity index is 312. The van der Waals surface area contributed by atoms with Crippen LogP contribution in [0.15, 0.2) is 18.2 Å². The lowest BCUT2D eigenvalue weighted by atomic mass is 9.96. The second kappa shape index (κ2) is 3.40.